The van der Waals surface area contributed by atoms with Crippen LogP contribution >= 0.6 is 11.3 Å². The molecule has 164 valence electrons. The van der Waals surface area contributed by atoms with E-state index < -0.39 is 0 Å². The van der Waals surface area contributed by atoms with Crippen LogP contribution in [0.3, 0.4) is 0 Å². The summed E-state index contributed by atoms with van der Waals surface area (Å²) in [6.45, 7) is 1.81. The fourth-order valence-electron chi connectivity index (χ4n) is 3.44. The molecule has 2 heterocycles. The second-order valence-corrected chi connectivity index (χ2v) is 8.35. The van der Waals surface area contributed by atoms with E-state index in [1.165, 1.54) is 23.5 Å². The lowest BCUT2D eigenvalue weighted by Crippen LogP contribution is -2.31. The van der Waals surface area contributed by atoms with Crippen LogP contribution in [0.1, 0.15) is 28.6 Å². The number of methoxy groups -OCH3 is 1. The molecule has 1 N–H and O–H groups in total. The zero-order valence-corrected chi connectivity index (χ0v) is 18.6. The number of nitrogens with zero attached hydrogens (tertiary/aromatic N) is 1. The van der Waals surface area contributed by atoms with E-state index in [9.17, 15) is 9.18 Å². The van der Waals surface area contributed by atoms with Crippen molar-refractivity contribution < 1.29 is 18.3 Å². The van der Waals surface area contributed by atoms with Crippen LogP contribution in [0.5, 0.6) is 5.75 Å². The minimum atomic E-state index is -0.290. The third kappa shape index (κ3) is 5.23. The summed E-state index contributed by atoms with van der Waals surface area (Å²) < 4.78 is 24.3. The topological polar surface area (TPSA) is 64.4 Å². The molecule has 5 nitrogen and oxygen atoms in total. The maximum Gasteiger partial charge on any atom is 0.236 e. The summed E-state index contributed by atoms with van der Waals surface area (Å²) in [5, 5.41) is 5.06. The Morgan fingerprint density at radius 2 is 1.91 bits per heavy atom. The molecular formula is C25H23FN2O3S. The van der Waals surface area contributed by atoms with Crippen LogP contribution in [0.25, 0.3) is 10.8 Å². The number of carbonyl (C=O) groups excluding carboxylic acids is 1. The molecule has 0 aliphatic heterocycles. The van der Waals surface area contributed by atoms with Gasteiger partial charge in [0, 0.05) is 0 Å². The van der Waals surface area contributed by atoms with E-state index in [4.69, 9.17) is 9.15 Å². The number of thiophene rings is 1. The van der Waals surface area contributed by atoms with Crippen molar-refractivity contribution in [3.8, 4) is 16.5 Å². The van der Waals surface area contributed by atoms with E-state index in [0.29, 0.717) is 23.8 Å². The predicted octanol–water partition coefficient (Wildman–Crippen LogP) is 5.50. The Bertz CT molecular complexity index is 1170. The van der Waals surface area contributed by atoms with Gasteiger partial charge in [0.2, 0.25) is 11.8 Å². The Balaban J connectivity index is 1.52. The average molecular weight is 451 g/mol. The maximum absolute atomic E-state index is 13.3. The van der Waals surface area contributed by atoms with Gasteiger partial charge in [-0.2, -0.15) is 0 Å². The number of benzene rings is 2. The molecule has 0 saturated heterocycles. The highest BCUT2D eigenvalue weighted by Crippen LogP contribution is 2.26. The van der Waals surface area contributed by atoms with Gasteiger partial charge in [-0.3, -0.25) is 4.79 Å². The van der Waals surface area contributed by atoms with Gasteiger partial charge in [0.25, 0.3) is 0 Å². The first-order valence-corrected chi connectivity index (χ1v) is 11.1. The summed E-state index contributed by atoms with van der Waals surface area (Å²) in [5.74, 6) is 1.44. The van der Waals surface area contributed by atoms with Crippen molar-refractivity contribution in [3.63, 3.8) is 0 Å². The number of hydrogen-bond donors (Lipinski definition) is 1. The van der Waals surface area contributed by atoms with E-state index in [-0.39, 0.29) is 24.2 Å². The molecule has 2 aromatic carbocycles. The molecule has 1 unspecified atom stereocenters. The summed E-state index contributed by atoms with van der Waals surface area (Å²) in [7, 11) is 1.61. The zero-order valence-electron chi connectivity index (χ0n) is 17.8. The Hall–Kier alpha value is -3.45. The SMILES string of the molecule is COc1ccc(C(Cc2ccc(F)cc2)NC(=O)Cc2nc(-c3cccs3)oc2C)cc1. The van der Waals surface area contributed by atoms with Crippen molar-refractivity contribution in [1.29, 1.82) is 0 Å². The van der Waals surface area contributed by atoms with Crippen LogP contribution in [0.4, 0.5) is 4.39 Å². The quantitative estimate of drug-likeness (QED) is 0.385. The van der Waals surface area contributed by atoms with Gasteiger partial charge in [0.05, 0.1) is 30.1 Å². The van der Waals surface area contributed by atoms with Crippen molar-refractivity contribution in [2.24, 2.45) is 0 Å². The number of rotatable bonds is 8. The summed E-state index contributed by atoms with van der Waals surface area (Å²) in [6.07, 6.45) is 0.632. The highest BCUT2D eigenvalue weighted by atomic mass is 32.1. The number of aryl methyl sites for hydroxylation is 1. The molecule has 32 heavy (non-hydrogen) atoms. The minimum Gasteiger partial charge on any atom is -0.497 e. The third-order valence-corrected chi connectivity index (χ3v) is 6.02. The van der Waals surface area contributed by atoms with E-state index in [2.05, 4.69) is 10.3 Å². The standard InChI is InChI=1S/C25H23FN2O3S/c1-16-21(28-25(31-16)23-4-3-13-32-23)15-24(29)27-22(14-17-5-9-19(26)10-6-17)18-7-11-20(30-2)12-8-18/h3-13,22H,14-15H2,1-2H3,(H,27,29). The van der Waals surface area contributed by atoms with Crippen molar-refractivity contribution >= 4 is 17.2 Å². The first kappa shape index (κ1) is 21.8. The lowest BCUT2D eigenvalue weighted by Gasteiger charge is -2.20. The first-order chi connectivity index (χ1) is 15.5. The monoisotopic (exact) mass is 450 g/mol. The molecule has 4 aromatic rings. The Kier molecular flexibility index (Phi) is 6.66. The molecule has 2 aromatic heterocycles. The summed E-state index contributed by atoms with van der Waals surface area (Å²) in [6, 6.07) is 17.4. The number of amides is 1. The Morgan fingerprint density at radius 3 is 2.56 bits per heavy atom. The number of carbonyl (C=O) groups is 1. The molecular weight excluding hydrogens is 427 g/mol. The van der Waals surface area contributed by atoms with Gasteiger partial charge in [-0.25, -0.2) is 9.37 Å². The van der Waals surface area contributed by atoms with Crippen LogP contribution < -0.4 is 10.1 Å². The van der Waals surface area contributed by atoms with Crippen molar-refractivity contribution in [1.82, 2.24) is 10.3 Å². The van der Waals surface area contributed by atoms with Crippen molar-refractivity contribution in [3.05, 3.63) is 94.4 Å². The summed E-state index contributed by atoms with van der Waals surface area (Å²) in [5.41, 5.74) is 2.46. The smallest absolute Gasteiger partial charge is 0.236 e. The molecule has 0 spiro atoms. The number of hydrogen-bond acceptors (Lipinski definition) is 5. The largest absolute Gasteiger partial charge is 0.497 e. The molecule has 0 saturated carbocycles. The van der Waals surface area contributed by atoms with E-state index in [1.54, 1.807) is 19.2 Å². The van der Waals surface area contributed by atoms with Crippen LogP contribution in [-0.4, -0.2) is 18.0 Å². The fraction of sp³-hybridized carbons (Fsp3) is 0.200. The second-order valence-electron chi connectivity index (χ2n) is 7.40. The van der Waals surface area contributed by atoms with Crippen LogP contribution in [0, 0.1) is 12.7 Å². The molecule has 0 fully saturated rings. The number of nitrogens with one attached hydrogen (secondary N) is 1. The number of halogens is 1. The third-order valence-electron chi connectivity index (χ3n) is 5.16. The van der Waals surface area contributed by atoms with Crippen LogP contribution in [0.15, 0.2) is 70.5 Å². The Morgan fingerprint density at radius 1 is 1.16 bits per heavy atom. The van der Waals surface area contributed by atoms with Crippen LogP contribution in [-0.2, 0) is 17.6 Å². The van der Waals surface area contributed by atoms with Gasteiger partial charge in [0.15, 0.2) is 0 Å². The molecule has 0 bridgehead atoms. The average Bonchev–Trinajstić information content (AvgIpc) is 3.45. The van der Waals surface area contributed by atoms with E-state index in [0.717, 1.165) is 21.8 Å². The Labute approximate surface area is 189 Å². The molecule has 1 amide bonds. The van der Waals surface area contributed by atoms with Gasteiger partial charge in [0.1, 0.15) is 17.3 Å². The zero-order chi connectivity index (χ0) is 22.5. The molecule has 7 heteroatoms. The summed E-state index contributed by atoms with van der Waals surface area (Å²) in [4.78, 5) is 18.4. The molecule has 0 radical (unpaired) electrons. The highest BCUT2D eigenvalue weighted by molar-refractivity contribution is 7.13. The van der Waals surface area contributed by atoms with Crippen molar-refractivity contribution in [2.75, 3.05) is 7.11 Å². The molecule has 4 rings (SSSR count). The maximum atomic E-state index is 13.3. The molecule has 0 aliphatic rings. The van der Waals surface area contributed by atoms with Gasteiger partial charge in [-0.1, -0.05) is 30.3 Å². The summed E-state index contributed by atoms with van der Waals surface area (Å²) >= 11 is 1.54. The van der Waals surface area contributed by atoms with Gasteiger partial charge >= 0.3 is 0 Å². The first-order valence-electron chi connectivity index (χ1n) is 10.2. The fourth-order valence-corrected chi connectivity index (χ4v) is 4.09. The lowest BCUT2D eigenvalue weighted by atomic mass is 9.98. The number of aromatic nitrogens is 1. The van der Waals surface area contributed by atoms with E-state index >= 15 is 0 Å². The van der Waals surface area contributed by atoms with Crippen LogP contribution in [0.2, 0.25) is 0 Å². The second kappa shape index (κ2) is 9.78. The predicted molar refractivity (Wildman–Crippen MR) is 122 cm³/mol. The number of oxazole rings is 1. The molecule has 0 aliphatic carbocycles. The highest BCUT2D eigenvalue weighted by Gasteiger charge is 2.19. The lowest BCUT2D eigenvalue weighted by molar-refractivity contribution is -0.121. The van der Waals surface area contributed by atoms with Gasteiger partial charge in [-0.15, -0.1) is 11.3 Å². The van der Waals surface area contributed by atoms with Gasteiger partial charge in [-0.05, 0) is 60.2 Å². The van der Waals surface area contributed by atoms with E-state index in [1.807, 2.05) is 48.7 Å². The minimum absolute atomic E-state index is 0.108. The number of ether oxygens (including phenoxy) is 1. The van der Waals surface area contributed by atoms with Gasteiger partial charge < -0.3 is 14.5 Å². The normalized spacial score (nSPS) is 11.8. The van der Waals surface area contributed by atoms with Crippen molar-refractivity contribution in [2.45, 2.75) is 25.8 Å². The molecule has 1 atom stereocenters.